The highest BCUT2D eigenvalue weighted by atomic mass is 35.5. The number of carbonyl (C=O) groups is 1. The van der Waals surface area contributed by atoms with Crippen molar-refractivity contribution >= 4 is 17.4 Å². The Labute approximate surface area is 180 Å². The van der Waals surface area contributed by atoms with Crippen LogP contribution in [0.4, 0.5) is 0 Å². The van der Waals surface area contributed by atoms with Crippen LogP contribution in [0.5, 0.6) is 0 Å². The number of aromatic nitrogens is 2. The van der Waals surface area contributed by atoms with Gasteiger partial charge in [-0.05, 0) is 67.6 Å². The van der Waals surface area contributed by atoms with Gasteiger partial charge in [0.15, 0.2) is 5.78 Å². The number of ketones is 1. The van der Waals surface area contributed by atoms with Crippen molar-refractivity contribution in [3.8, 4) is 11.8 Å². The SMILES string of the molecule is N#CC1(c2ccc(CC(=O)c3ccn(-c4ccc(Cl)cc4)c3)cn2)CCC(O)CC1. The summed E-state index contributed by atoms with van der Waals surface area (Å²) in [5.74, 6) is 0.00745. The lowest BCUT2D eigenvalue weighted by Gasteiger charge is -2.32. The molecule has 1 N–H and O–H groups in total. The number of aliphatic hydroxyl groups is 1. The van der Waals surface area contributed by atoms with Crippen LogP contribution < -0.4 is 0 Å². The van der Waals surface area contributed by atoms with E-state index in [1.807, 2.05) is 53.4 Å². The molecule has 6 heteroatoms. The maximum Gasteiger partial charge on any atom is 0.168 e. The van der Waals surface area contributed by atoms with Gasteiger partial charge >= 0.3 is 0 Å². The first-order valence-electron chi connectivity index (χ1n) is 10.0. The second kappa shape index (κ2) is 8.43. The van der Waals surface area contributed by atoms with Gasteiger partial charge in [0, 0.05) is 41.3 Å². The fraction of sp³-hybridized carbons (Fsp3) is 0.292. The molecule has 0 saturated heterocycles. The summed E-state index contributed by atoms with van der Waals surface area (Å²) in [6.07, 6.45) is 7.70. The van der Waals surface area contributed by atoms with Crippen LogP contribution in [0.2, 0.25) is 5.02 Å². The number of Topliss-reactive ketones (excluding diaryl/α,β-unsaturated/α-hetero) is 1. The Morgan fingerprint density at radius 3 is 2.57 bits per heavy atom. The summed E-state index contributed by atoms with van der Waals surface area (Å²) in [5.41, 5.74) is 2.46. The minimum Gasteiger partial charge on any atom is -0.393 e. The predicted octanol–water partition coefficient (Wildman–Crippen LogP) is 4.65. The molecule has 1 fully saturated rings. The number of carbonyl (C=O) groups excluding carboxylic acids is 1. The van der Waals surface area contributed by atoms with E-state index < -0.39 is 5.41 Å². The molecule has 0 amide bonds. The molecular weight excluding hydrogens is 398 g/mol. The Balaban J connectivity index is 1.45. The van der Waals surface area contributed by atoms with Gasteiger partial charge < -0.3 is 9.67 Å². The number of nitrogens with zero attached hydrogens (tertiary/aromatic N) is 3. The van der Waals surface area contributed by atoms with Gasteiger partial charge in [0.25, 0.3) is 0 Å². The van der Waals surface area contributed by atoms with Crippen LogP contribution in [0.3, 0.4) is 0 Å². The van der Waals surface area contributed by atoms with Gasteiger partial charge in [0.2, 0.25) is 0 Å². The summed E-state index contributed by atoms with van der Waals surface area (Å²) >= 11 is 5.93. The molecule has 1 aliphatic rings. The number of halogens is 1. The van der Waals surface area contributed by atoms with Crippen LogP contribution in [-0.2, 0) is 11.8 Å². The molecule has 0 spiro atoms. The van der Waals surface area contributed by atoms with E-state index in [-0.39, 0.29) is 18.3 Å². The van der Waals surface area contributed by atoms with E-state index in [0.717, 1.165) is 16.9 Å². The van der Waals surface area contributed by atoms with Crippen molar-refractivity contribution in [3.05, 3.63) is 82.9 Å². The van der Waals surface area contributed by atoms with E-state index in [2.05, 4.69) is 11.1 Å². The quantitative estimate of drug-likeness (QED) is 0.610. The van der Waals surface area contributed by atoms with Crippen molar-refractivity contribution in [2.24, 2.45) is 0 Å². The monoisotopic (exact) mass is 419 g/mol. The van der Waals surface area contributed by atoms with E-state index in [9.17, 15) is 15.2 Å². The number of nitriles is 1. The zero-order valence-corrected chi connectivity index (χ0v) is 17.2. The van der Waals surface area contributed by atoms with Crippen LogP contribution in [0.1, 0.15) is 47.3 Å². The molecule has 1 aliphatic carbocycles. The van der Waals surface area contributed by atoms with Gasteiger partial charge in [-0.3, -0.25) is 9.78 Å². The Morgan fingerprint density at radius 2 is 1.93 bits per heavy atom. The molecule has 5 nitrogen and oxygen atoms in total. The fourth-order valence-corrected chi connectivity index (χ4v) is 4.08. The maximum absolute atomic E-state index is 12.7. The zero-order chi connectivity index (χ0) is 21.1. The maximum atomic E-state index is 12.7. The number of pyridine rings is 1. The van der Waals surface area contributed by atoms with Crippen LogP contribution in [-0.4, -0.2) is 26.5 Å². The average molecular weight is 420 g/mol. The lowest BCUT2D eigenvalue weighted by Crippen LogP contribution is -2.33. The van der Waals surface area contributed by atoms with E-state index in [1.165, 1.54) is 0 Å². The van der Waals surface area contributed by atoms with Crippen LogP contribution in [0.15, 0.2) is 61.1 Å². The zero-order valence-electron chi connectivity index (χ0n) is 16.5. The molecule has 0 unspecified atom stereocenters. The van der Waals surface area contributed by atoms with Gasteiger partial charge in [0.1, 0.15) is 0 Å². The van der Waals surface area contributed by atoms with Crippen molar-refractivity contribution in [1.82, 2.24) is 9.55 Å². The van der Waals surface area contributed by atoms with Crippen LogP contribution >= 0.6 is 11.6 Å². The normalized spacial score (nSPS) is 21.2. The third-order valence-corrected chi connectivity index (χ3v) is 6.09. The van der Waals surface area contributed by atoms with Crippen molar-refractivity contribution in [2.75, 3.05) is 0 Å². The number of hydrogen-bond acceptors (Lipinski definition) is 4. The molecule has 2 heterocycles. The molecule has 1 aromatic carbocycles. The molecule has 2 aromatic heterocycles. The van der Waals surface area contributed by atoms with Gasteiger partial charge in [-0.1, -0.05) is 17.7 Å². The number of hydrogen-bond donors (Lipinski definition) is 1. The van der Waals surface area contributed by atoms with Gasteiger partial charge in [0.05, 0.1) is 23.3 Å². The van der Waals surface area contributed by atoms with E-state index >= 15 is 0 Å². The average Bonchev–Trinajstić information content (AvgIpc) is 3.26. The highest BCUT2D eigenvalue weighted by Crippen LogP contribution is 2.38. The summed E-state index contributed by atoms with van der Waals surface area (Å²) in [4.78, 5) is 17.2. The topological polar surface area (TPSA) is 78.9 Å². The largest absolute Gasteiger partial charge is 0.393 e. The van der Waals surface area contributed by atoms with E-state index in [1.54, 1.807) is 12.3 Å². The molecular formula is C24H22ClN3O2. The summed E-state index contributed by atoms with van der Waals surface area (Å²) in [6, 6.07) is 15.4. The van der Waals surface area contributed by atoms with Crippen molar-refractivity contribution in [1.29, 1.82) is 5.26 Å². The van der Waals surface area contributed by atoms with Gasteiger partial charge in [-0.15, -0.1) is 0 Å². The first-order valence-corrected chi connectivity index (χ1v) is 10.4. The molecule has 0 radical (unpaired) electrons. The number of rotatable bonds is 5. The predicted molar refractivity (Wildman–Crippen MR) is 115 cm³/mol. The first-order chi connectivity index (χ1) is 14.5. The third kappa shape index (κ3) is 4.16. The molecule has 0 aliphatic heterocycles. The summed E-state index contributed by atoms with van der Waals surface area (Å²) in [7, 11) is 0. The second-order valence-corrected chi connectivity index (χ2v) is 8.30. The number of aliphatic hydroxyl groups excluding tert-OH is 1. The molecule has 0 atom stereocenters. The molecule has 1 saturated carbocycles. The van der Waals surface area contributed by atoms with E-state index in [0.29, 0.717) is 36.3 Å². The second-order valence-electron chi connectivity index (χ2n) is 7.86. The molecule has 30 heavy (non-hydrogen) atoms. The Bertz CT molecular complexity index is 1070. The van der Waals surface area contributed by atoms with Crippen molar-refractivity contribution in [3.63, 3.8) is 0 Å². The van der Waals surface area contributed by atoms with Gasteiger partial charge in [-0.2, -0.15) is 5.26 Å². The Kier molecular flexibility index (Phi) is 5.72. The standard InChI is InChI=1S/C24H22ClN3O2/c25-19-2-4-20(5-3-19)28-12-9-18(15-28)22(30)13-17-1-6-23(27-14-17)24(16-26)10-7-21(29)8-11-24/h1-6,9,12,14-15,21,29H,7-8,10-11,13H2. The summed E-state index contributed by atoms with van der Waals surface area (Å²) < 4.78 is 1.89. The molecule has 3 aromatic rings. The minimum atomic E-state index is -0.641. The summed E-state index contributed by atoms with van der Waals surface area (Å²) in [5, 5.41) is 20.1. The smallest absolute Gasteiger partial charge is 0.168 e. The lowest BCUT2D eigenvalue weighted by atomic mass is 9.72. The minimum absolute atomic E-state index is 0.00745. The number of benzene rings is 1. The molecule has 4 rings (SSSR count). The van der Waals surface area contributed by atoms with Crippen molar-refractivity contribution < 1.29 is 9.90 Å². The van der Waals surface area contributed by atoms with Crippen LogP contribution in [0, 0.1) is 11.3 Å². The molecule has 0 bridgehead atoms. The highest BCUT2D eigenvalue weighted by Gasteiger charge is 2.37. The fourth-order valence-electron chi connectivity index (χ4n) is 3.96. The van der Waals surface area contributed by atoms with Crippen LogP contribution in [0.25, 0.3) is 5.69 Å². The van der Waals surface area contributed by atoms with Gasteiger partial charge in [-0.25, -0.2) is 0 Å². The Morgan fingerprint density at radius 1 is 1.20 bits per heavy atom. The Hall–Kier alpha value is -2.94. The van der Waals surface area contributed by atoms with E-state index in [4.69, 9.17) is 11.6 Å². The van der Waals surface area contributed by atoms with Crippen molar-refractivity contribution in [2.45, 2.75) is 43.6 Å². The first kappa shape index (κ1) is 20.3. The lowest BCUT2D eigenvalue weighted by molar-refractivity contribution is 0.0992. The summed E-state index contributed by atoms with van der Waals surface area (Å²) in [6.45, 7) is 0. The molecule has 152 valence electrons. The third-order valence-electron chi connectivity index (χ3n) is 5.84. The highest BCUT2D eigenvalue weighted by molar-refractivity contribution is 6.30.